The molecular weight excluding hydrogens is 326 g/mol. The van der Waals surface area contributed by atoms with Gasteiger partial charge in [-0.05, 0) is 46.3 Å². The fourth-order valence-corrected chi connectivity index (χ4v) is 2.03. The van der Waals surface area contributed by atoms with Gasteiger partial charge in [0.1, 0.15) is 17.8 Å². The summed E-state index contributed by atoms with van der Waals surface area (Å²) in [4.78, 5) is 11.8. The van der Waals surface area contributed by atoms with Gasteiger partial charge in [0.2, 0.25) is 0 Å². The van der Waals surface area contributed by atoms with Crippen LogP contribution in [0.3, 0.4) is 0 Å². The molecule has 0 unspecified atom stereocenters. The highest BCUT2D eigenvalue weighted by molar-refractivity contribution is 9.10. The monoisotopic (exact) mass is 335 g/mol. The van der Waals surface area contributed by atoms with Gasteiger partial charge in [-0.25, -0.2) is 0 Å². The second kappa shape index (κ2) is 5.42. The molecule has 0 aromatic carbocycles. The Bertz CT molecular complexity index is 711. The second-order valence-electron chi connectivity index (χ2n) is 4.06. The highest BCUT2D eigenvalue weighted by Crippen LogP contribution is 2.22. The molecule has 1 N–H and O–H groups in total. The molecule has 0 radical (unpaired) electrons. The predicted molar refractivity (Wildman–Crippen MR) is 74.0 cm³/mol. The minimum absolute atomic E-state index is 0.249. The van der Waals surface area contributed by atoms with Crippen LogP contribution in [0.4, 0.5) is 0 Å². The average molecular weight is 336 g/mol. The van der Waals surface area contributed by atoms with Crippen LogP contribution >= 0.6 is 15.9 Å². The van der Waals surface area contributed by atoms with Crippen LogP contribution in [-0.4, -0.2) is 5.91 Å². The third-order valence-electron chi connectivity index (χ3n) is 2.69. The van der Waals surface area contributed by atoms with Crippen LogP contribution in [0.1, 0.15) is 16.3 Å². The van der Waals surface area contributed by atoms with Crippen molar-refractivity contribution in [2.45, 2.75) is 6.54 Å². The summed E-state index contributed by atoms with van der Waals surface area (Å²) in [5.74, 6) is 1.30. The molecule has 3 heterocycles. The Kier molecular flexibility index (Phi) is 3.47. The number of amides is 1. The number of rotatable bonds is 4. The van der Waals surface area contributed by atoms with Crippen LogP contribution in [0.2, 0.25) is 0 Å². The summed E-state index contributed by atoms with van der Waals surface area (Å²) in [6.45, 7) is 0.287. The number of halogens is 1. The number of carbonyl (C=O) groups is 1. The summed E-state index contributed by atoms with van der Waals surface area (Å²) in [5.41, 5.74) is 0.859. The van der Waals surface area contributed by atoms with Crippen LogP contribution in [0, 0.1) is 0 Å². The summed E-state index contributed by atoms with van der Waals surface area (Å²) in [7, 11) is 0. The Morgan fingerprint density at radius 3 is 2.75 bits per heavy atom. The lowest BCUT2D eigenvalue weighted by Crippen LogP contribution is -2.21. The van der Waals surface area contributed by atoms with E-state index in [-0.39, 0.29) is 18.2 Å². The number of carbonyl (C=O) groups excluding carboxylic acids is 1. The molecule has 0 fully saturated rings. The lowest BCUT2D eigenvalue weighted by molar-refractivity contribution is 0.0919. The number of hydrogen-bond acceptors (Lipinski definition) is 4. The first-order chi connectivity index (χ1) is 9.72. The highest BCUT2D eigenvalue weighted by Gasteiger charge is 2.11. The SMILES string of the molecule is O=C(NCc1ccc(-c2ccoc2)o1)c1ccc(Br)o1. The lowest BCUT2D eigenvalue weighted by Gasteiger charge is -2.00. The predicted octanol–water partition coefficient (Wildman–Crippen LogP) is 3.83. The molecule has 0 saturated heterocycles. The van der Waals surface area contributed by atoms with Crippen molar-refractivity contribution in [3.05, 3.63) is 59.0 Å². The third-order valence-corrected chi connectivity index (χ3v) is 3.11. The summed E-state index contributed by atoms with van der Waals surface area (Å²) in [5, 5.41) is 2.72. The normalized spacial score (nSPS) is 10.7. The molecule has 0 aliphatic heterocycles. The zero-order valence-corrected chi connectivity index (χ0v) is 11.8. The van der Waals surface area contributed by atoms with Gasteiger partial charge in [0.15, 0.2) is 10.4 Å². The van der Waals surface area contributed by atoms with E-state index in [4.69, 9.17) is 13.3 Å². The first-order valence-electron chi connectivity index (χ1n) is 5.87. The molecule has 5 nitrogen and oxygen atoms in total. The standard InChI is InChI=1S/C14H10BrNO4/c15-13-4-3-12(20-13)14(17)16-7-10-1-2-11(19-10)9-5-6-18-8-9/h1-6,8H,7H2,(H,16,17). The summed E-state index contributed by atoms with van der Waals surface area (Å²) in [6, 6.07) is 8.70. The van der Waals surface area contributed by atoms with E-state index < -0.39 is 0 Å². The van der Waals surface area contributed by atoms with Crippen molar-refractivity contribution in [3.8, 4) is 11.3 Å². The van der Waals surface area contributed by atoms with Gasteiger partial charge in [-0.15, -0.1) is 0 Å². The molecule has 102 valence electrons. The molecule has 6 heteroatoms. The largest absolute Gasteiger partial charge is 0.472 e. The van der Waals surface area contributed by atoms with Crippen molar-refractivity contribution >= 4 is 21.8 Å². The Labute approximate surface area is 122 Å². The zero-order valence-electron chi connectivity index (χ0n) is 10.3. The molecule has 0 spiro atoms. The number of furan rings is 3. The van der Waals surface area contributed by atoms with E-state index in [1.54, 1.807) is 30.7 Å². The van der Waals surface area contributed by atoms with Crippen LogP contribution < -0.4 is 5.32 Å². The van der Waals surface area contributed by atoms with Crippen LogP contribution in [0.25, 0.3) is 11.3 Å². The van der Waals surface area contributed by atoms with E-state index in [2.05, 4.69) is 21.2 Å². The van der Waals surface area contributed by atoms with E-state index in [1.807, 2.05) is 12.1 Å². The van der Waals surface area contributed by atoms with Gasteiger partial charge in [-0.1, -0.05) is 0 Å². The minimum atomic E-state index is -0.294. The van der Waals surface area contributed by atoms with Gasteiger partial charge in [-0.3, -0.25) is 4.79 Å². The van der Waals surface area contributed by atoms with E-state index in [0.717, 1.165) is 5.56 Å². The van der Waals surface area contributed by atoms with Gasteiger partial charge in [-0.2, -0.15) is 0 Å². The first-order valence-corrected chi connectivity index (χ1v) is 6.66. The number of nitrogens with one attached hydrogen (secondary N) is 1. The van der Waals surface area contributed by atoms with Gasteiger partial charge < -0.3 is 18.6 Å². The summed E-state index contributed by atoms with van der Waals surface area (Å²) >= 11 is 3.15. The van der Waals surface area contributed by atoms with Crippen molar-refractivity contribution in [2.24, 2.45) is 0 Å². The van der Waals surface area contributed by atoms with Gasteiger partial charge in [0, 0.05) is 0 Å². The van der Waals surface area contributed by atoms with Crippen molar-refractivity contribution < 1.29 is 18.0 Å². The quantitative estimate of drug-likeness (QED) is 0.786. The van der Waals surface area contributed by atoms with Crippen LogP contribution in [0.15, 0.2) is 60.8 Å². The molecule has 20 heavy (non-hydrogen) atoms. The molecule has 3 aromatic heterocycles. The van der Waals surface area contributed by atoms with Crippen molar-refractivity contribution in [2.75, 3.05) is 0 Å². The molecule has 3 rings (SSSR count). The highest BCUT2D eigenvalue weighted by atomic mass is 79.9. The fourth-order valence-electron chi connectivity index (χ4n) is 1.72. The first kappa shape index (κ1) is 12.8. The average Bonchev–Trinajstić information content (AvgIpc) is 3.16. The molecule has 0 aliphatic rings. The van der Waals surface area contributed by atoms with E-state index in [9.17, 15) is 4.79 Å². The molecular formula is C14H10BrNO4. The van der Waals surface area contributed by atoms with Crippen LogP contribution in [-0.2, 0) is 6.54 Å². The van der Waals surface area contributed by atoms with E-state index >= 15 is 0 Å². The Morgan fingerprint density at radius 1 is 1.15 bits per heavy atom. The Morgan fingerprint density at radius 2 is 2.05 bits per heavy atom. The molecule has 0 bridgehead atoms. The van der Waals surface area contributed by atoms with Crippen molar-refractivity contribution in [1.82, 2.24) is 5.32 Å². The zero-order chi connectivity index (χ0) is 13.9. The van der Waals surface area contributed by atoms with E-state index in [0.29, 0.717) is 16.2 Å². The van der Waals surface area contributed by atoms with Gasteiger partial charge >= 0.3 is 0 Å². The fraction of sp³-hybridized carbons (Fsp3) is 0.0714. The second-order valence-corrected chi connectivity index (χ2v) is 4.85. The molecule has 0 saturated carbocycles. The number of hydrogen-bond donors (Lipinski definition) is 1. The maximum atomic E-state index is 11.8. The molecule has 3 aromatic rings. The topological polar surface area (TPSA) is 68.5 Å². The lowest BCUT2D eigenvalue weighted by atomic mass is 10.3. The maximum Gasteiger partial charge on any atom is 0.287 e. The van der Waals surface area contributed by atoms with Crippen LogP contribution in [0.5, 0.6) is 0 Å². The van der Waals surface area contributed by atoms with Crippen molar-refractivity contribution in [3.63, 3.8) is 0 Å². The Balaban J connectivity index is 1.63. The molecule has 1 amide bonds. The van der Waals surface area contributed by atoms with Gasteiger partial charge in [0.05, 0.1) is 18.4 Å². The maximum absolute atomic E-state index is 11.8. The molecule has 0 atom stereocenters. The third kappa shape index (κ3) is 2.70. The summed E-state index contributed by atoms with van der Waals surface area (Å²) < 4.78 is 16.3. The minimum Gasteiger partial charge on any atom is -0.472 e. The smallest absolute Gasteiger partial charge is 0.287 e. The van der Waals surface area contributed by atoms with Gasteiger partial charge in [0.25, 0.3) is 5.91 Å². The van der Waals surface area contributed by atoms with E-state index in [1.165, 1.54) is 0 Å². The Hall–Kier alpha value is -2.21. The van der Waals surface area contributed by atoms with Crippen molar-refractivity contribution in [1.29, 1.82) is 0 Å². The molecule has 0 aliphatic carbocycles. The summed E-state index contributed by atoms with van der Waals surface area (Å²) in [6.07, 6.45) is 3.18.